The average molecular weight is 267 g/mol. The van der Waals surface area contributed by atoms with Crippen LogP contribution >= 0.6 is 11.8 Å². The molecular formula is C17H17NS. The summed E-state index contributed by atoms with van der Waals surface area (Å²) < 4.78 is 0.260. The van der Waals surface area contributed by atoms with Gasteiger partial charge in [0.05, 0.1) is 11.3 Å². The van der Waals surface area contributed by atoms with Crippen LogP contribution in [0.25, 0.3) is 0 Å². The lowest BCUT2D eigenvalue weighted by Crippen LogP contribution is -2.04. The maximum atomic E-state index is 4.63. The summed E-state index contributed by atoms with van der Waals surface area (Å²) in [6.45, 7) is 0.790. The minimum absolute atomic E-state index is 0.260. The molecule has 3 rings (SSSR count). The summed E-state index contributed by atoms with van der Waals surface area (Å²) >= 11 is 1.94. The van der Waals surface area contributed by atoms with E-state index in [1.54, 1.807) is 0 Å². The fourth-order valence-corrected chi connectivity index (χ4v) is 3.20. The Morgan fingerprint density at radius 3 is 2.21 bits per heavy atom. The van der Waals surface area contributed by atoms with Crippen LogP contribution < -0.4 is 0 Å². The molecule has 0 aromatic heterocycles. The average Bonchev–Trinajstić information content (AvgIpc) is 3.21. The maximum Gasteiger partial charge on any atom is 0.0636 e. The summed E-state index contributed by atoms with van der Waals surface area (Å²) in [5, 5.41) is 0. The molecule has 1 fully saturated rings. The highest BCUT2D eigenvalue weighted by Gasteiger charge is 2.42. The summed E-state index contributed by atoms with van der Waals surface area (Å²) in [6.07, 6.45) is 4.65. The Bertz CT molecular complexity index is 544. The summed E-state index contributed by atoms with van der Waals surface area (Å²) in [7, 11) is 0. The van der Waals surface area contributed by atoms with Gasteiger partial charge in [0.2, 0.25) is 0 Å². The van der Waals surface area contributed by atoms with E-state index in [4.69, 9.17) is 0 Å². The SMILES string of the molecule is C(=NCc1ccccc1)C1(Sc2ccccc2)CC1. The molecule has 1 aliphatic rings. The van der Waals surface area contributed by atoms with Gasteiger partial charge >= 0.3 is 0 Å². The van der Waals surface area contributed by atoms with E-state index in [2.05, 4.69) is 65.8 Å². The number of rotatable bonds is 5. The Balaban J connectivity index is 1.60. The van der Waals surface area contributed by atoms with E-state index in [1.807, 2.05) is 17.8 Å². The zero-order valence-corrected chi connectivity index (χ0v) is 11.6. The van der Waals surface area contributed by atoms with Crippen LogP contribution in [0.15, 0.2) is 70.6 Å². The van der Waals surface area contributed by atoms with Gasteiger partial charge in [-0.05, 0) is 30.5 Å². The van der Waals surface area contributed by atoms with E-state index in [-0.39, 0.29) is 4.75 Å². The quantitative estimate of drug-likeness (QED) is 0.722. The van der Waals surface area contributed by atoms with Crippen LogP contribution in [0.2, 0.25) is 0 Å². The van der Waals surface area contributed by atoms with Crippen molar-refractivity contribution < 1.29 is 0 Å². The third-order valence-electron chi connectivity index (χ3n) is 3.25. The van der Waals surface area contributed by atoms with E-state index < -0.39 is 0 Å². The first kappa shape index (κ1) is 12.5. The summed E-state index contributed by atoms with van der Waals surface area (Å²) in [4.78, 5) is 5.97. The molecule has 2 aromatic rings. The first-order valence-corrected chi connectivity index (χ1v) is 7.47. The molecule has 0 heterocycles. The number of hydrogen-bond acceptors (Lipinski definition) is 2. The highest BCUT2D eigenvalue weighted by Crippen LogP contribution is 2.50. The predicted octanol–water partition coefficient (Wildman–Crippen LogP) is 4.58. The number of aliphatic imine (C=N–C) groups is 1. The van der Waals surface area contributed by atoms with Crippen molar-refractivity contribution in [2.24, 2.45) is 4.99 Å². The van der Waals surface area contributed by atoms with Crippen molar-refractivity contribution in [3.8, 4) is 0 Å². The molecule has 2 aromatic carbocycles. The number of nitrogens with zero attached hydrogens (tertiary/aromatic N) is 1. The van der Waals surface area contributed by atoms with Gasteiger partial charge in [-0.25, -0.2) is 0 Å². The zero-order chi connectivity index (χ0) is 13.0. The predicted molar refractivity (Wildman–Crippen MR) is 82.9 cm³/mol. The van der Waals surface area contributed by atoms with Crippen molar-refractivity contribution >= 4 is 18.0 Å². The third kappa shape index (κ3) is 3.48. The molecule has 0 aliphatic heterocycles. The van der Waals surface area contributed by atoms with Gasteiger partial charge in [0.25, 0.3) is 0 Å². The third-order valence-corrected chi connectivity index (χ3v) is 4.68. The maximum absolute atomic E-state index is 4.63. The molecule has 0 saturated heterocycles. The smallest absolute Gasteiger partial charge is 0.0636 e. The summed E-state index contributed by atoms with van der Waals surface area (Å²) in [6, 6.07) is 21.0. The van der Waals surface area contributed by atoms with Crippen molar-refractivity contribution in [2.75, 3.05) is 0 Å². The summed E-state index contributed by atoms with van der Waals surface area (Å²) in [5.74, 6) is 0. The molecule has 0 radical (unpaired) electrons. The van der Waals surface area contributed by atoms with Crippen LogP contribution in [-0.2, 0) is 6.54 Å². The molecule has 1 nitrogen and oxygen atoms in total. The Kier molecular flexibility index (Phi) is 3.69. The van der Waals surface area contributed by atoms with Gasteiger partial charge in [-0.1, -0.05) is 48.5 Å². The van der Waals surface area contributed by atoms with Gasteiger partial charge < -0.3 is 0 Å². The minimum Gasteiger partial charge on any atom is -0.291 e. The van der Waals surface area contributed by atoms with Gasteiger partial charge in [0.1, 0.15) is 0 Å². The molecule has 0 amide bonds. The van der Waals surface area contributed by atoms with Gasteiger partial charge in [-0.3, -0.25) is 4.99 Å². The highest BCUT2D eigenvalue weighted by molar-refractivity contribution is 8.01. The Morgan fingerprint density at radius 1 is 0.947 bits per heavy atom. The second-order valence-electron chi connectivity index (χ2n) is 4.94. The zero-order valence-electron chi connectivity index (χ0n) is 10.8. The van der Waals surface area contributed by atoms with E-state index in [1.165, 1.54) is 23.3 Å². The van der Waals surface area contributed by atoms with Crippen molar-refractivity contribution in [2.45, 2.75) is 29.0 Å². The van der Waals surface area contributed by atoms with Gasteiger partial charge in [-0.15, -0.1) is 11.8 Å². The summed E-state index contributed by atoms with van der Waals surface area (Å²) in [5.41, 5.74) is 1.28. The van der Waals surface area contributed by atoms with E-state index in [0.29, 0.717) is 0 Å². The molecule has 1 saturated carbocycles. The Hall–Kier alpha value is -1.54. The van der Waals surface area contributed by atoms with Crippen molar-refractivity contribution in [1.82, 2.24) is 0 Å². The van der Waals surface area contributed by atoms with Gasteiger partial charge in [-0.2, -0.15) is 0 Å². The molecule has 1 aliphatic carbocycles. The molecule has 0 atom stereocenters. The van der Waals surface area contributed by atoms with Gasteiger partial charge in [0.15, 0.2) is 0 Å². The van der Waals surface area contributed by atoms with Crippen molar-refractivity contribution in [3.63, 3.8) is 0 Å². The van der Waals surface area contributed by atoms with Crippen LogP contribution in [0, 0.1) is 0 Å². The largest absolute Gasteiger partial charge is 0.291 e. The topological polar surface area (TPSA) is 12.4 Å². The van der Waals surface area contributed by atoms with Crippen molar-refractivity contribution in [3.05, 3.63) is 66.2 Å². The van der Waals surface area contributed by atoms with E-state index in [9.17, 15) is 0 Å². The second-order valence-corrected chi connectivity index (χ2v) is 6.42. The normalized spacial score (nSPS) is 16.6. The van der Waals surface area contributed by atoms with Crippen LogP contribution in [0.4, 0.5) is 0 Å². The molecular weight excluding hydrogens is 250 g/mol. The van der Waals surface area contributed by atoms with Crippen LogP contribution in [-0.4, -0.2) is 11.0 Å². The van der Waals surface area contributed by atoms with Gasteiger partial charge in [0, 0.05) is 11.1 Å². The minimum atomic E-state index is 0.260. The fourth-order valence-electron chi connectivity index (χ4n) is 2.00. The molecule has 0 bridgehead atoms. The molecule has 19 heavy (non-hydrogen) atoms. The van der Waals surface area contributed by atoms with Crippen LogP contribution in [0.5, 0.6) is 0 Å². The van der Waals surface area contributed by atoms with E-state index in [0.717, 1.165) is 6.54 Å². The Labute approximate surface area is 118 Å². The monoisotopic (exact) mass is 267 g/mol. The second kappa shape index (κ2) is 5.62. The lowest BCUT2D eigenvalue weighted by atomic mass is 10.2. The molecule has 96 valence electrons. The first-order valence-electron chi connectivity index (χ1n) is 6.65. The molecule has 2 heteroatoms. The number of hydrogen-bond donors (Lipinski definition) is 0. The van der Waals surface area contributed by atoms with E-state index >= 15 is 0 Å². The van der Waals surface area contributed by atoms with Crippen LogP contribution in [0.3, 0.4) is 0 Å². The van der Waals surface area contributed by atoms with Crippen molar-refractivity contribution in [1.29, 1.82) is 0 Å². The molecule has 0 N–H and O–H groups in total. The number of thioether (sulfide) groups is 1. The lowest BCUT2D eigenvalue weighted by molar-refractivity contribution is 1.06. The van der Waals surface area contributed by atoms with Crippen LogP contribution in [0.1, 0.15) is 18.4 Å². The fraction of sp³-hybridized carbons (Fsp3) is 0.235. The first-order chi connectivity index (χ1) is 9.36. The lowest BCUT2D eigenvalue weighted by Gasteiger charge is -2.08. The molecule has 0 unspecified atom stereocenters. The molecule has 0 spiro atoms. The highest BCUT2D eigenvalue weighted by atomic mass is 32.2. The number of benzene rings is 2. The standard InChI is InChI=1S/C17H17NS/c1-3-7-15(8-4-1)13-18-14-17(11-12-17)19-16-9-5-2-6-10-16/h1-10,14H,11-13H2. The Morgan fingerprint density at radius 2 is 1.58 bits per heavy atom.